The van der Waals surface area contributed by atoms with Gasteiger partial charge >= 0.3 is 0 Å². The summed E-state index contributed by atoms with van der Waals surface area (Å²) in [6.07, 6.45) is 7.53. The highest BCUT2D eigenvalue weighted by atomic mass is 19.1. The van der Waals surface area contributed by atoms with Crippen molar-refractivity contribution in [1.82, 2.24) is 10.6 Å². The number of hydrogen-bond donors (Lipinski definition) is 2. The van der Waals surface area contributed by atoms with Gasteiger partial charge in [-0.3, -0.25) is 9.59 Å². The minimum atomic E-state index is -0.364. The number of halogens is 1. The van der Waals surface area contributed by atoms with Crippen molar-refractivity contribution in [3.63, 3.8) is 0 Å². The van der Waals surface area contributed by atoms with Crippen molar-refractivity contribution in [2.45, 2.75) is 58.0 Å². The molecule has 2 aliphatic carbocycles. The van der Waals surface area contributed by atoms with Crippen LogP contribution in [0.15, 0.2) is 66.2 Å². The summed E-state index contributed by atoms with van der Waals surface area (Å²) in [7, 11) is 3.07. The average Bonchev–Trinajstić information content (AvgIpc) is 3.28. The fourth-order valence-electron chi connectivity index (χ4n) is 5.95. The molecule has 2 aliphatic rings. The maximum Gasteiger partial charge on any atom is 0.258 e. The molecule has 7 nitrogen and oxygen atoms in total. The number of allylic oxidation sites excluding steroid dienone is 2. The SMILES string of the molecule is COc1cc(/C=C2/C(C)=C(CC(=O)NCc3ccccc3)c3cc(F)ccc32)cc(OC)c1OCC(=O)NC1CCCCC1. The first kappa shape index (κ1) is 30.9. The van der Waals surface area contributed by atoms with Crippen molar-refractivity contribution in [3.05, 3.63) is 94.3 Å². The minimum absolute atomic E-state index is 0.120. The van der Waals surface area contributed by atoms with Crippen LogP contribution in [-0.4, -0.2) is 38.7 Å². The van der Waals surface area contributed by atoms with E-state index in [2.05, 4.69) is 10.6 Å². The van der Waals surface area contributed by atoms with Gasteiger partial charge in [0.15, 0.2) is 18.1 Å². The monoisotopic (exact) mass is 598 g/mol. The molecule has 5 rings (SSSR count). The van der Waals surface area contributed by atoms with Crippen LogP contribution in [0, 0.1) is 5.82 Å². The van der Waals surface area contributed by atoms with E-state index in [4.69, 9.17) is 14.2 Å². The molecule has 1 saturated carbocycles. The second kappa shape index (κ2) is 14.3. The minimum Gasteiger partial charge on any atom is -0.493 e. The molecule has 0 saturated heterocycles. The van der Waals surface area contributed by atoms with E-state index in [-0.39, 0.29) is 36.7 Å². The van der Waals surface area contributed by atoms with E-state index in [1.165, 1.54) is 32.8 Å². The number of rotatable bonds is 11. The molecule has 230 valence electrons. The van der Waals surface area contributed by atoms with Crippen molar-refractivity contribution in [2.24, 2.45) is 0 Å². The van der Waals surface area contributed by atoms with E-state index >= 15 is 0 Å². The van der Waals surface area contributed by atoms with E-state index in [1.54, 1.807) is 6.07 Å². The van der Waals surface area contributed by atoms with Gasteiger partial charge < -0.3 is 24.8 Å². The average molecular weight is 599 g/mol. The lowest BCUT2D eigenvalue weighted by molar-refractivity contribution is -0.124. The lowest BCUT2D eigenvalue weighted by Crippen LogP contribution is -2.39. The lowest BCUT2D eigenvalue weighted by Gasteiger charge is -2.23. The van der Waals surface area contributed by atoms with Gasteiger partial charge in [-0.1, -0.05) is 55.7 Å². The summed E-state index contributed by atoms with van der Waals surface area (Å²) < 4.78 is 31.6. The Morgan fingerprint density at radius 1 is 0.909 bits per heavy atom. The number of ether oxygens (including phenoxy) is 3. The topological polar surface area (TPSA) is 85.9 Å². The Kier molecular flexibility index (Phi) is 10.00. The summed E-state index contributed by atoms with van der Waals surface area (Å²) in [5.41, 5.74) is 5.84. The third-order valence-electron chi connectivity index (χ3n) is 8.24. The van der Waals surface area contributed by atoms with Gasteiger partial charge in [-0.05, 0) is 89.1 Å². The standard InChI is InChI=1S/C36H39FN2O5/c1-23-29(28-15-14-26(37)19-31(28)30(23)20-34(40)38-21-24-10-6-4-7-11-24)16-25-17-32(42-2)36(33(18-25)43-3)44-22-35(41)39-27-12-8-5-9-13-27/h4,6-7,10-11,14-19,27H,5,8-9,12-13,20-22H2,1-3H3,(H,38,40)(H,39,41)/b29-16-. The van der Waals surface area contributed by atoms with Crippen LogP contribution in [-0.2, 0) is 16.1 Å². The van der Waals surface area contributed by atoms with E-state index in [0.717, 1.165) is 59.1 Å². The summed E-state index contributed by atoms with van der Waals surface area (Å²) in [5, 5.41) is 6.03. The van der Waals surface area contributed by atoms with E-state index < -0.39 is 0 Å². The summed E-state index contributed by atoms with van der Waals surface area (Å²) in [5.74, 6) is 0.493. The van der Waals surface area contributed by atoms with Crippen LogP contribution >= 0.6 is 0 Å². The van der Waals surface area contributed by atoms with Crippen LogP contribution in [0.2, 0.25) is 0 Å². The van der Waals surface area contributed by atoms with Crippen molar-refractivity contribution < 1.29 is 28.2 Å². The van der Waals surface area contributed by atoms with Gasteiger partial charge in [0.1, 0.15) is 5.82 Å². The second-order valence-corrected chi connectivity index (χ2v) is 11.2. The number of fused-ring (bicyclic) bond motifs is 1. The molecule has 1 fully saturated rings. The molecule has 0 spiro atoms. The summed E-state index contributed by atoms with van der Waals surface area (Å²) in [4.78, 5) is 25.6. The third-order valence-corrected chi connectivity index (χ3v) is 8.24. The third kappa shape index (κ3) is 7.30. The van der Waals surface area contributed by atoms with Crippen molar-refractivity contribution in [1.29, 1.82) is 0 Å². The Bertz CT molecular complexity index is 1550. The summed E-state index contributed by atoms with van der Waals surface area (Å²) in [6, 6.07) is 18.2. The van der Waals surface area contributed by atoms with Gasteiger partial charge in [-0.2, -0.15) is 0 Å². The maximum absolute atomic E-state index is 14.4. The Hall–Kier alpha value is -4.59. The Balaban J connectivity index is 1.38. The van der Waals surface area contributed by atoms with Crippen LogP contribution in [0.4, 0.5) is 4.39 Å². The predicted molar refractivity (Wildman–Crippen MR) is 170 cm³/mol. The number of carbonyl (C=O) groups is 2. The zero-order valence-electron chi connectivity index (χ0n) is 25.5. The van der Waals surface area contributed by atoms with Crippen LogP contribution in [0.25, 0.3) is 17.2 Å². The van der Waals surface area contributed by atoms with Crippen LogP contribution < -0.4 is 24.8 Å². The Morgan fingerprint density at radius 2 is 1.61 bits per heavy atom. The number of methoxy groups -OCH3 is 2. The van der Waals surface area contributed by atoms with Crippen LogP contribution in [0.3, 0.4) is 0 Å². The van der Waals surface area contributed by atoms with E-state index in [0.29, 0.717) is 29.4 Å². The molecule has 0 aliphatic heterocycles. The molecule has 0 radical (unpaired) electrons. The van der Waals surface area contributed by atoms with Gasteiger partial charge in [0, 0.05) is 12.6 Å². The van der Waals surface area contributed by atoms with Crippen molar-refractivity contribution >= 4 is 29.0 Å². The van der Waals surface area contributed by atoms with E-state index in [9.17, 15) is 14.0 Å². The fourth-order valence-corrected chi connectivity index (χ4v) is 5.95. The zero-order valence-corrected chi connectivity index (χ0v) is 25.5. The fraction of sp³-hybridized carbons (Fsp3) is 0.333. The van der Waals surface area contributed by atoms with Gasteiger partial charge in [-0.25, -0.2) is 4.39 Å². The number of benzene rings is 3. The smallest absolute Gasteiger partial charge is 0.258 e. The number of carbonyl (C=O) groups excluding carboxylic acids is 2. The largest absolute Gasteiger partial charge is 0.493 e. The Morgan fingerprint density at radius 3 is 2.30 bits per heavy atom. The van der Waals surface area contributed by atoms with Gasteiger partial charge in [0.25, 0.3) is 5.91 Å². The first-order chi connectivity index (χ1) is 21.4. The molecular weight excluding hydrogens is 559 g/mol. The molecule has 0 atom stereocenters. The zero-order chi connectivity index (χ0) is 31.1. The van der Waals surface area contributed by atoms with Gasteiger partial charge in [0.05, 0.1) is 20.6 Å². The quantitative estimate of drug-likeness (QED) is 0.256. The molecule has 3 aromatic carbocycles. The molecule has 0 aromatic heterocycles. The van der Waals surface area contributed by atoms with Crippen molar-refractivity contribution in [3.8, 4) is 17.2 Å². The molecule has 3 aromatic rings. The molecule has 2 N–H and O–H groups in total. The van der Waals surface area contributed by atoms with Crippen LogP contribution in [0.5, 0.6) is 17.2 Å². The van der Waals surface area contributed by atoms with Gasteiger partial charge in [-0.15, -0.1) is 0 Å². The summed E-state index contributed by atoms with van der Waals surface area (Å²) in [6.45, 7) is 2.21. The molecule has 0 unspecified atom stereocenters. The second-order valence-electron chi connectivity index (χ2n) is 11.2. The molecule has 44 heavy (non-hydrogen) atoms. The molecular formula is C36H39FN2O5. The Labute approximate surface area is 258 Å². The summed E-state index contributed by atoms with van der Waals surface area (Å²) >= 11 is 0. The predicted octanol–water partition coefficient (Wildman–Crippen LogP) is 6.70. The highest BCUT2D eigenvalue weighted by molar-refractivity contribution is 6.08. The first-order valence-corrected chi connectivity index (χ1v) is 15.1. The van der Waals surface area contributed by atoms with E-state index in [1.807, 2.05) is 55.5 Å². The molecule has 8 heteroatoms. The number of amides is 2. The van der Waals surface area contributed by atoms with Gasteiger partial charge in [0.2, 0.25) is 11.7 Å². The lowest BCUT2D eigenvalue weighted by atomic mass is 9.95. The first-order valence-electron chi connectivity index (χ1n) is 15.1. The number of nitrogens with one attached hydrogen (secondary N) is 2. The van der Waals surface area contributed by atoms with Crippen molar-refractivity contribution in [2.75, 3.05) is 20.8 Å². The molecule has 0 bridgehead atoms. The maximum atomic E-state index is 14.4. The van der Waals surface area contributed by atoms with Crippen LogP contribution in [0.1, 0.15) is 67.7 Å². The highest BCUT2D eigenvalue weighted by Gasteiger charge is 2.26. The molecule has 0 heterocycles. The highest BCUT2D eigenvalue weighted by Crippen LogP contribution is 2.45. The molecule has 2 amide bonds. The number of hydrogen-bond acceptors (Lipinski definition) is 5. The normalized spacial score (nSPS) is 15.6.